The third-order valence-electron chi connectivity index (χ3n) is 6.71. The van der Waals surface area contributed by atoms with Gasteiger partial charge in [-0.3, -0.25) is 4.79 Å². The summed E-state index contributed by atoms with van der Waals surface area (Å²) in [7, 11) is 1.31. The lowest BCUT2D eigenvalue weighted by Gasteiger charge is -2.30. The van der Waals surface area contributed by atoms with Crippen molar-refractivity contribution in [3.8, 4) is 16.9 Å². The van der Waals surface area contributed by atoms with E-state index in [1.54, 1.807) is 17.0 Å². The number of nitrogens with zero attached hydrogens (tertiary/aromatic N) is 1. The van der Waals surface area contributed by atoms with Gasteiger partial charge >= 0.3 is 12.3 Å². The van der Waals surface area contributed by atoms with Crippen LogP contribution in [0, 0.1) is 5.92 Å². The first-order chi connectivity index (χ1) is 18.7. The second-order valence-corrected chi connectivity index (χ2v) is 9.48. The standard InChI is InChI=1S/C31H30F3NO4/c1-38-29(36)18-15-22-7-5-11-27(19-22)35(30(37)25-8-3-2-4-9-25)21-23-13-16-24(17-14-23)26-10-6-12-28(20-26)39-31(32,33)34/h5-7,10-20,25H,2-4,8-9,21H2,1H3/b18-15+. The highest BCUT2D eigenvalue weighted by atomic mass is 19.4. The maximum Gasteiger partial charge on any atom is 0.573 e. The Labute approximate surface area is 225 Å². The van der Waals surface area contributed by atoms with E-state index in [0.29, 0.717) is 12.1 Å². The molecule has 1 amide bonds. The number of hydrogen-bond donors (Lipinski definition) is 0. The van der Waals surface area contributed by atoms with Crippen molar-refractivity contribution in [3.05, 3.63) is 90.0 Å². The maximum absolute atomic E-state index is 13.7. The summed E-state index contributed by atoms with van der Waals surface area (Å²) in [4.78, 5) is 27.0. The Morgan fingerprint density at radius 3 is 2.33 bits per heavy atom. The number of methoxy groups -OCH3 is 1. The largest absolute Gasteiger partial charge is 0.573 e. The van der Waals surface area contributed by atoms with Crippen LogP contribution in [0.4, 0.5) is 18.9 Å². The summed E-state index contributed by atoms with van der Waals surface area (Å²) < 4.78 is 46.6. The number of hydrogen-bond acceptors (Lipinski definition) is 4. The molecule has 3 aromatic rings. The van der Waals surface area contributed by atoms with Crippen LogP contribution in [0.15, 0.2) is 78.9 Å². The number of anilines is 1. The van der Waals surface area contributed by atoms with Gasteiger partial charge in [-0.1, -0.05) is 67.8 Å². The van der Waals surface area contributed by atoms with Gasteiger partial charge in [0.15, 0.2) is 0 Å². The summed E-state index contributed by atoms with van der Waals surface area (Å²) in [5.74, 6) is -0.742. The molecule has 3 aromatic carbocycles. The molecular weight excluding hydrogens is 507 g/mol. The van der Waals surface area contributed by atoms with E-state index < -0.39 is 12.3 Å². The molecule has 5 nitrogen and oxygen atoms in total. The number of halogens is 3. The molecule has 0 unspecified atom stereocenters. The second-order valence-electron chi connectivity index (χ2n) is 9.48. The highest BCUT2D eigenvalue weighted by molar-refractivity contribution is 5.95. The van der Waals surface area contributed by atoms with Crippen molar-refractivity contribution in [1.29, 1.82) is 0 Å². The van der Waals surface area contributed by atoms with Crippen molar-refractivity contribution < 1.29 is 32.2 Å². The predicted octanol–water partition coefficient (Wildman–Crippen LogP) is 7.55. The van der Waals surface area contributed by atoms with Crippen molar-refractivity contribution in [2.45, 2.75) is 45.0 Å². The molecule has 1 fully saturated rings. The van der Waals surface area contributed by atoms with E-state index in [9.17, 15) is 22.8 Å². The van der Waals surface area contributed by atoms with Crippen molar-refractivity contribution >= 4 is 23.6 Å². The molecular formula is C31H30F3NO4. The zero-order valence-corrected chi connectivity index (χ0v) is 21.6. The summed E-state index contributed by atoms with van der Waals surface area (Å²) in [6, 6.07) is 20.6. The zero-order valence-electron chi connectivity index (χ0n) is 21.6. The van der Waals surface area contributed by atoms with E-state index in [4.69, 9.17) is 0 Å². The van der Waals surface area contributed by atoms with Crippen LogP contribution in [-0.2, 0) is 20.9 Å². The Morgan fingerprint density at radius 2 is 1.64 bits per heavy atom. The molecule has 0 aliphatic heterocycles. The average molecular weight is 538 g/mol. The molecule has 0 radical (unpaired) electrons. The maximum atomic E-state index is 13.7. The third kappa shape index (κ3) is 7.96. The van der Waals surface area contributed by atoms with Crippen LogP contribution in [0.25, 0.3) is 17.2 Å². The molecule has 1 saturated carbocycles. The number of esters is 1. The van der Waals surface area contributed by atoms with E-state index in [2.05, 4.69) is 9.47 Å². The topological polar surface area (TPSA) is 55.8 Å². The Hall–Kier alpha value is -4.07. The summed E-state index contributed by atoms with van der Waals surface area (Å²) in [5, 5.41) is 0. The van der Waals surface area contributed by atoms with Gasteiger partial charge in [0.05, 0.1) is 13.7 Å². The van der Waals surface area contributed by atoms with Crippen LogP contribution < -0.4 is 9.64 Å². The van der Waals surface area contributed by atoms with Crippen molar-refractivity contribution in [2.75, 3.05) is 12.0 Å². The minimum atomic E-state index is -4.76. The van der Waals surface area contributed by atoms with E-state index in [1.165, 1.54) is 31.4 Å². The normalized spacial score (nSPS) is 14.3. The summed E-state index contributed by atoms with van der Waals surface area (Å²) in [5.41, 5.74) is 3.67. The number of amides is 1. The van der Waals surface area contributed by atoms with Gasteiger partial charge in [-0.05, 0) is 65.4 Å². The SMILES string of the molecule is COC(=O)/C=C/c1cccc(N(Cc2ccc(-c3cccc(OC(F)(F)F)c3)cc2)C(=O)C2CCCCC2)c1. The first-order valence-corrected chi connectivity index (χ1v) is 12.8. The Bertz CT molecular complexity index is 1310. The van der Waals surface area contributed by atoms with Gasteiger partial charge in [0.25, 0.3) is 0 Å². The molecule has 8 heteroatoms. The number of alkyl halides is 3. The minimum absolute atomic E-state index is 0.0522. The number of carbonyl (C=O) groups excluding carboxylic acids is 2. The highest BCUT2D eigenvalue weighted by Crippen LogP contribution is 2.31. The van der Waals surface area contributed by atoms with E-state index >= 15 is 0 Å². The smallest absolute Gasteiger partial charge is 0.466 e. The third-order valence-corrected chi connectivity index (χ3v) is 6.71. The van der Waals surface area contributed by atoms with Crippen LogP contribution in [0.2, 0.25) is 0 Å². The van der Waals surface area contributed by atoms with Crippen molar-refractivity contribution in [1.82, 2.24) is 0 Å². The van der Waals surface area contributed by atoms with Gasteiger partial charge in [-0.15, -0.1) is 13.2 Å². The fourth-order valence-corrected chi connectivity index (χ4v) is 4.75. The van der Waals surface area contributed by atoms with Gasteiger partial charge in [0.1, 0.15) is 5.75 Å². The summed E-state index contributed by atoms with van der Waals surface area (Å²) in [6.07, 6.45) is 3.11. The number of rotatable bonds is 8. The molecule has 0 heterocycles. The van der Waals surface area contributed by atoms with E-state index in [0.717, 1.165) is 54.5 Å². The lowest BCUT2D eigenvalue weighted by atomic mass is 9.88. The molecule has 0 atom stereocenters. The molecule has 0 aromatic heterocycles. The van der Waals surface area contributed by atoms with Crippen molar-refractivity contribution in [3.63, 3.8) is 0 Å². The number of ether oxygens (including phenoxy) is 2. The van der Waals surface area contributed by atoms with Crippen LogP contribution in [0.5, 0.6) is 5.75 Å². The zero-order chi connectivity index (χ0) is 27.8. The summed E-state index contributed by atoms with van der Waals surface area (Å²) >= 11 is 0. The molecule has 4 rings (SSSR count). The molecule has 1 aliphatic carbocycles. The predicted molar refractivity (Wildman–Crippen MR) is 144 cm³/mol. The Balaban J connectivity index is 1.58. The molecule has 0 saturated heterocycles. The van der Waals surface area contributed by atoms with E-state index in [1.807, 2.05) is 48.5 Å². The Morgan fingerprint density at radius 1 is 0.923 bits per heavy atom. The molecule has 39 heavy (non-hydrogen) atoms. The molecule has 0 N–H and O–H groups in total. The van der Waals surface area contributed by atoms with Gasteiger partial charge < -0.3 is 14.4 Å². The van der Waals surface area contributed by atoms with Crippen molar-refractivity contribution in [2.24, 2.45) is 5.92 Å². The van der Waals surface area contributed by atoms with Crippen LogP contribution in [0.3, 0.4) is 0 Å². The fourth-order valence-electron chi connectivity index (χ4n) is 4.75. The van der Waals surface area contributed by atoms with E-state index in [-0.39, 0.29) is 17.6 Å². The monoisotopic (exact) mass is 537 g/mol. The fraction of sp³-hybridized carbons (Fsp3) is 0.290. The molecule has 0 bridgehead atoms. The average Bonchev–Trinajstić information content (AvgIpc) is 2.94. The van der Waals surface area contributed by atoms with Crippen LogP contribution >= 0.6 is 0 Å². The van der Waals surface area contributed by atoms with Gasteiger partial charge in [0, 0.05) is 17.7 Å². The van der Waals surface area contributed by atoms with Gasteiger partial charge in [-0.2, -0.15) is 0 Å². The highest BCUT2D eigenvalue weighted by Gasteiger charge is 2.31. The first-order valence-electron chi connectivity index (χ1n) is 12.8. The number of carbonyl (C=O) groups is 2. The van der Waals surface area contributed by atoms with Crippen LogP contribution in [-0.4, -0.2) is 25.3 Å². The van der Waals surface area contributed by atoms with Gasteiger partial charge in [-0.25, -0.2) is 4.79 Å². The summed E-state index contributed by atoms with van der Waals surface area (Å²) in [6.45, 7) is 0.330. The lowest BCUT2D eigenvalue weighted by Crippen LogP contribution is -2.36. The quantitative estimate of drug-likeness (QED) is 0.220. The lowest BCUT2D eigenvalue weighted by molar-refractivity contribution is -0.274. The number of benzene rings is 3. The first kappa shape index (κ1) is 28.0. The molecule has 1 aliphatic rings. The minimum Gasteiger partial charge on any atom is -0.466 e. The molecule has 204 valence electrons. The Kier molecular flexibility index (Phi) is 9.07. The molecule has 0 spiro atoms. The van der Waals surface area contributed by atoms with Gasteiger partial charge in [0.2, 0.25) is 5.91 Å². The van der Waals surface area contributed by atoms with Crippen LogP contribution in [0.1, 0.15) is 43.2 Å². The second kappa shape index (κ2) is 12.7.